The fourth-order valence-corrected chi connectivity index (χ4v) is 2.31. The monoisotopic (exact) mass is 484 g/mol. The number of nitrogens with zero attached hydrogens (tertiary/aromatic N) is 2. The van der Waals surface area contributed by atoms with Crippen molar-refractivity contribution in [3.8, 4) is 0 Å². The van der Waals surface area contributed by atoms with E-state index in [1.807, 2.05) is 20.8 Å². The highest BCUT2D eigenvalue weighted by atomic mass is 127. The Kier molecular flexibility index (Phi) is 11.6. The summed E-state index contributed by atoms with van der Waals surface area (Å²) >= 11 is 0. The zero-order chi connectivity index (χ0) is 18.9. The van der Waals surface area contributed by atoms with Crippen molar-refractivity contribution >= 4 is 42.0 Å². The molecule has 0 aromatic rings. The molecule has 0 bridgehead atoms. The number of amides is 1. The molecule has 9 heteroatoms. The Balaban J connectivity index is 0.00000625. The number of ether oxygens (including phenoxy) is 2. The Morgan fingerprint density at radius 1 is 1.19 bits per heavy atom. The molecule has 1 saturated heterocycles. The number of likely N-dealkylation sites (tertiary alicyclic amines) is 1. The van der Waals surface area contributed by atoms with Crippen molar-refractivity contribution in [1.29, 1.82) is 0 Å². The Labute approximate surface area is 173 Å². The van der Waals surface area contributed by atoms with E-state index in [9.17, 15) is 9.59 Å². The van der Waals surface area contributed by atoms with E-state index < -0.39 is 5.60 Å². The minimum absolute atomic E-state index is 0. The van der Waals surface area contributed by atoms with E-state index in [1.165, 1.54) is 7.11 Å². The molecule has 152 valence electrons. The number of rotatable bonds is 7. The maximum absolute atomic E-state index is 11.9. The standard InChI is InChI=1S/C17H32N4O4.HI/c1-17(2,3)25-16(23)21-11-13(12-21)20-15(18-4)19-10-8-6-7-9-14(22)24-5;/h13H,6-12H2,1-5H3,(H2,18,19,20);1H. The molecule has 1 aliphatic heterocycles. The largest absolute Gasteiger partial charge is 0.469 e. The first kappa shape index (κ1) is 24.7. The molecule has 1 amide bonds. The number of carbonyl (C=O) groups excluding carboxylic acids is 2. The highest BCUT2D eigenvalue weighted by Crippen LogP contribution is 2.15. The summed E-state index contributed by atoms with van der Waals surface area (Å²) in [5.74, 6) is 0.562. The van der Waals surface area contributed by atoms with E-state index in [1.54, 1.807) is 11.9 Å². The molecular formula is C17H33IN4O4. The summed E-state index contributed by atoms with van der Waals surface area (Å²) in [4.78, 5) is 28.7. The Bertz CT molecular complexity index is 474. The van der Waals surface area contributed by atoms with E-state index >= 15 is 0 Å². The first-order chi connectivity index (χ1) is 11.7. The molecule has 1 rings (SSSR count). The third-order valence-corrected chi connectivity index (χ3v) is 3.68. The SMILES string of the molecule is CN=C(NCCCCCC(=O)OC)NC1CN(C(=O)OC(C)(C)C)C1.I. The number of guanidine groups is 1. The predicted octanol–water partition coefficient (Wildman–Crippen LogP) is 2.12. The third kappa shape index (κ3) is 10.0. The second-order valence-electron chi connectivity index (χ2n) is 7.11. The fourth-order valence-electron chi connectivity index (χ4n) is 2.31. The van der Waals surface area contributed by atoms with Crippen LogP contribution in [0.3, 0.4) is 0 Å². The number of esters is 1. The van der Waals surface area contributed by atoms with Crippen LogP contribution in [0.1, 0.15) is 46.5 Å². The van der Waals surface area contributed by atoms with Crippen LogP contribution in [0.5, 0.6) is 0 Å². The number of aliphatic imine (C=N–C) groups is 1. The summed E-state index contributed by atoms with van der Waals surface area (Å²) in [6.07, 6.45) is 2.92. The maximum Gasteiger partial charge on any atom is 0.410 e. The van der Waals surface area contributed by atoms with Gasteiger partial charge in [0, 0.05) is 33.1 Å². The van der Waals surface area contributed by atoms with Gasteiger partial charge in [0.05, 0.1) is 13.2 Å². The Morgan fingerprint density at radius 3 is 2.38 bits per heavy atom. The van der Waals surface area contributed by atoms with Crippen LogP contribution < -0.4 is 10.6 Å². The molecule has 0 radical (unpaired) electrons. The molecule has 8 nitrogen and oxygen atoms in total. The van der Waals surface area contributed by atoms with Gasteiger partial charge in [-0.2, -0.15) is 0 Å². The van der Waals surface area contributed by atoms with Gasteiger partial charge >= 0.3 is 12.1 Å². The molecule has 0 saturated carbocycles. The highest BCUT2D eigenvalue weighted by Gasteiger charge is 2.34. The van der Waals surface area contributed by atoms with E-state index in [-0.39, 0.29) is 42.1 Å². The van der Waals surface area contributed by atoms with Gasteiger partial charge < -0.3 is 25.0 Å². The molecule has 1 aliphatic rings. The van der Waals surface area contributed by atoms with Crippen molar-refractivity contribution < 1.29 is 19.1 Å². The van der Waals surface area contributed by atoms with E-state index in [0.717, 1.165) is 31.8 Å². The zero-order valence-electron chi connectivity index (χ0n) is 16.5. The topological polar surface area (TPSA) is 92.3 Å². The third-order valence-electron chi connectivity index (χ3n) is 3.68. The van der Waals surface area contributed by atoms with Crippen LogP contribution in [-0.4, -0.2) is 68.4 Å². The van der Waals surface area contributed by atoms with Crippen molar-refractivity contribution in [2.45, 2.75) is 58.1 Å². The molecule has 2 N–H and O–H groups in total. The maximum atomic E-state index is 11.9. The predicted molar refractivity (Wildman–Crippen MR) is 112 cm³/mol. The molecular weight excluding hydrogens is 451 g/mol. The van der Waals surface area contributed by atoms with Crippen LogP contribution >= 0.6 is 24.0 Å². The summed E-state index contributed by atoms with van der Waals surface area (Å²) in [6.45, 7) is 7.57. The first-order valence-corrected chi connectivity index (χ1v) is 8.77. The van der Waals surface area contributed by atoms with Gasteiger partial charge in [0.1, 0.15) is 5.60 Å². The lowest BCUT2D eigenvalue weighted by atomic mass is 10.1. The number of hydrogen-bond donors (Lipinski definition) is 2. The molecule has 0 atom stereocenters. The molecule has 1 heterocycles. The van der Waals surface area contributed by atoms with Crippen LogP contribution in [0.25, 0.3) is 0 Å². The van der Waals surface area contributed by atoms with Crippen LogP contribution in [0.2, 0.25) is 0 Å². The minimum atomic E-state index is -0.471. The average Bonchev–Trinajstić information content (AvgIpc) is 2.49. The van der Waals surface area contributed by atoms with Crippen LogP contribution in [0.15, 0.2) is 4.99 Å². The summed E-state index contributed by atoms with van der Waals surface area (Å²) in [6, 6.07) is 0.179. The molecule has 0 unspecified atom stereocenters. The highest BCUT2D eigenvalue weighted by molar-refractivity contribution is 14.0. The minimum Gasteiger partial charge on any atom is -0.469 e. The number of nitrogens with one attached hydrogen (secondary N) is 2. The van der Waals surface area contributed by atoms with Gasteiger partial charge in [-0.1, -0.05) is 6.42 Å². The van der Waals surface area contributed by atoms with Crippen molar-refractivity contribution in [1.82, 2.24) is 15.5 Å². The normalized spacial score (nSPS) is 14.8. The summed E-state index contributed by atoms with van der Waals surface area (Å²) in [7, 11) is 3.13. The van der Waals surface area contributed by atoms with Gasteiger partial charge in [-0.15, -0.1) is 24.0 Å². The van der Waals surface area contributed by atoms with E-state index in [0.29, 0.717) is 19.5 Å². The van der Waals surface area contributed by atoms with Gasteiger partial charge in [0.15, 0.2) is 5.96 Å². The summed E-state index contributed by atoms with van der Waals surface area (Å²) < 4.78 is 9.94. The zero-order valence-corrected chi connectivity index (χ0v) is 18.8. The lowest BCUT2D eigenvalue weighted by Gasteiger charge is -2.40. The molecule has 0 spiro atoms. The summed E-state index contributed by atoms with van der Waals surface area (Å²) in [5.41, 5.74) is -0.471. The van der Waals surface area contributed by atoms with Crippen LogP contribution in [0.4, 0.5) is 4.79 Å². The quantitative estimate of drug-likeness (QED) is 0.189. The van der Waals surface area contributed by atoms with Gasteiger partial charge in [-0.25, -0.2) is 4.79 Å². The second-order valence-corrected chi connectivity index (χ2v) is 7.11. The molecule has 26 heavy (non-hydrogen) atoms. The lowest BCUT2D eigenvalue weighted by Crippen LogP contribution is -2.63. The number of hydrogen-bond acceptors (Lipinski definition) is 5. The molecule has 0 aromatic carbocycles. The van der Waals surface area contributed by atoms with E-state index in [2.05, 4.69) is 20.4 Å². The number of halogens is 1. The molecule has 1 fully saturated rings. The van der Waals surface area contributed by atoms with Crippen molar-refractivity contribution in [2.24, 2.45) is 4.99 Å². The van der Waals surface area contributed by atoms with Crippen molar-refractivity contribution in [2.75, 3.05) is 33.8 Å². The van der Waals surface area contributed by atoms with Crippen molar-refractivity contribution in [3.63, 3.8) is 0 Å². The number of carbonyl (C=O) groups is 2. The molecule has 0 aliphatic carbocycles. The van der Waals surface area contributed by atoms with Crippen molar-refractivity contribution in [3.05, 3.63) is 0 Å². The van der Waals surface area contributed by atoms with E-state index in [4.69, 9.17) is 4.74 Å². The van der Waals surface area contributed by atoms with Gasteiger partial charge in [0.2, 0.25) is 0 Å². The Hall–Kier alpha value is -1.26. The van der Waals surface area contributed by atoms with Gasteiger partial charge in [-0.05, 0) is 33.6 Å². The number of methoxy groups -OCH3 is 1. The Morgan fingerprint density at radius 2 is 1.85 bits per heavy atom. The number of unbranched alkanes of at least 4 members (excludes halogenated alkanes) is 2. The second kappa shape index (κ2) is 12.2. The molecule has 0 aromatic heterocycles. The summed E-state index contributed by atoms with van der Waals surface area (Å²) in [5, 5.41) is 6.53. The van der Waals surface area contributed by atoms with Crippen LogP contribution in [0, 0.1) is 0 Å². The fraction of sp³-hybridized carbons (Fsp3) is 0.824. The average molecular weight is 484 g/mol. The smallest absolute Gasteiger partial charge is 0.410 e. The van der Waals surface area contributed by atoms with Crippen LogP contribution in [-0.2, 0) is 14.3 Å². The first-order valence-electron chi connectivity index (χ1n) is 8.77. The van der Waals surface area contributed by atoms with Gasteiger partial charge in [-0.3, -0.25) is 9.79 Å². The van der Waals surface area contributed by atoms with Gasteiger partial charge in [0.25, 0.3) is 0 Å². The lowest BCUT2D eigenvalue weighted by molar-refractivity contribution is -0.140.